The van der Waals surface area contributed by atoms with Crippen LogP contribution in [-0.4, -0.2) is 25.3 Å². The van der Waals surface area contributed by atoms with Crippen molar-refractivity contribution in [2.45, 2.75) is 18.8 Å². The molecule has 0 radical (unpaired) electrons. The lowest BCUT2D eigenvalue weighted by Gasteiger charge is -2.26. The van der Waals surface area contributed by atoms with E-state index < -0.39 is 6.36 Å². The van der Waals surface area contributed by atoms with Crippen LogP contribution in [-0.2, 0) is 4.79 Å². The molecule has 26 heavy (non-hydrogen) atoms. The molecule has 1 saturated heterocycles. The van der Waals surface area contributed by atoms with E-state index in [-0.39, 0.29) is 24.1 Å². The minimum atomic E-state index is -4.74. The standard InChI is InChI=1S/C18H16F3N3O2/c1-22-17-23-15(10-16(25)24-17)13-6-2-4-11(8-13)12-5-3-7-14(9-12)26-18(19,20)21/h2-9,15H,10H2,1H3,(H2,22,23,24,25). The maximum Gasteiger partial charge on any atom is 0.573 e. The van der Waals surface area contributed by atoms with Crippen LogP contribution in [0.5, 0.6) is 5.75 Å². The van der Waals surface area contributed by atoms with E-state index in [1.807, 2.05) is 12.1 Å². The van der Waals surface area contributed by atoms with Crippen molar-refractivity contribution in [1.82, 2.24) is 10.6 Å². The van der Waals surface area contributed by atoms with E-state index in [4.69, 9.17) is 0 Å². The van der Waals surface area contributed by atoms with Crippen LogP contribution in [0.3, 0.4) is 0 Å². The first-order valence-corrected chi connectivity index (χ1v) is 7.83. The highest BCUT2D eigenvalue weighted by Gasteiger charge is 2.31. The molecule has 2 N–H and O–H groups in total. The van der Waals surface area contributed by atoms with Gasteiger partial charge in [-0.15, -0.1) is 13.2 Å². The zero-order chi connectivity index (χ0) is 18.7. The van der Waals surface area contributed by atoms with Crippen LogP contribution in [0.2, 0.25) is 0 Å². The molecule has 2 aromatic carbocycles. The molecule has 1 heterocycles. The van der Waals surface area contributed by atoms with Crippen molar-refractivity contribution in [3.63, 3.8) is 0 Å². The number of rotatable bonds is 3. The molecule has 1 aliphatic rings. The first-order chi connectivity index (χ1) is 12.3. The lowest BCUT2D eigenvalue weighted by Crippen LogP contribution is -2.49. The number of nitrogens with one attached hydrogen (secondary N) is 2. The largest absolute Gasteiger partial charge is 0.573 e. The van der Waals surface area contributed by atoms with Gasteiger partial charge < -0.3 is 10.1 Å². The zero-order valence-electron chi connectivity index (χ0n) is 13.8. The number of ether oxygens (including phenoxy) is 1. The lowest BCUT2D eigenvalue weighted by atomic mass is 9.97. The molecule has 0 bridgehead atoms. The molecule has 0 saturated carbocycles. The van der Waals surface area contributed by atoms with E-state index in [2.05, 4.69) is 20.4 Å². The molecule has 136 valence electrons. The molecule has 1 atom stereocenters. The molecule has 2 aromatic rings. The summed E-state index contributed by atoms with van der Waals surface area (Å²) in [7, 11) is 1.56. The average Bonchev–Trinajstić information content (AvgIpc) is 2.60. The number of aliphatic imine (C=N–C) groups is 1. The van der Waals surface area contributed by atoms with Gasteiger partial charge in [0.2, 0.25) is 5.91 Å². The summed E-state index contributed by atoms with van der Waals surface area (Å²) >= 11 is 0. The Bertz CT molecular complexity index is 850. The van der Waals surface area contributed by atoms with Crippen molar-refractivity contribution in [1.29, 1.82) is 0 Å². The highest BCUT2D eigenvalue weighted by molar-refractivity contribution is 5.99. The summed E-state index contributed by atoms with van der Waals surface area (Å²) in [6, 6.07) is 12.8. The molecule has 1 amide bonds. The van der Waals surface area contributed by atoms with E-state index in [0.717, 1.165) is 11.1 Å². The second-order valence-corrected chi connectivity index (χ2v) is 5.72. The van der Waals surface area contributed by atoms with Gasteiger partial charge in [0.05, 0.1) is 12.5 Å². The summed E-state index contributed by atoms with van der Waals surface area (Å²) in [4.78, 5) is 15.7. The average molecular weight is 363 g/mol. The SMILES string of the molecule is CN=C1NC(=O)CC(c2cccc(-c3cccc(OC(F)(F)F)c3)c2)N1. The van der Waals surface area contributed by atoms with Crippen molar-refractivity contribution in [2.24, 2.45) is 4.99 Å². The Labute approximate surface area is 147 Å². The van der Waals surface area contributed by atoms with Crippen LogP contribution in [0.1, 0.15) is 18.0 Å². The molecule has 0 spiro atoms. The molecular weight excluding hydrogens is 347 g/mol. The van der Waals surface area contributed by atoms with E-state index >= 15 is 0 Å². The molecule has 3 rings (SSSR count). The fourth-order valence-corrected chi connectivity index (χ4v) is 2.75. The van der Waals surface area contributed by atoms with Gasteiger partial charge in [-0.2, -0.15) is 0 Å². The molecule has 1 unspecified atom stereocenters. The highest BCUT2D eigenvalue weighted by Crippen LogP contribution is 2.30. The molecule has 1 fully saturated rings. The van der Waals surface area contributed by atoms with Gasteiger partial charge in [-0.05, 0) is 34.9 Å². The van der Waals surface area contributed by atoms with Crippen molar-refractivity contribution in [3.8, 4) is 16.9 Å². The van der Waals surface area contributed by atoms with Crippen LogP contribution in [0.15, 0.2) is 53.5 Å². The van der Waals surface area contributed by atoms with E-state index in [0.29, 0.717) is 11.5 Å². The quantitative estimate of drug-likeness (QED) is 0.879. The third-order valence-corrected chi connectivity index (χ3v) is 3.87. The second-order valence-electron chi connectivity index (χ2n) is 5.72. The lowest BCUT2D eigenvalue weighted by molar-refractivity contribution is -0.274. The fourth-order valence-electron chi connectivity index (χ4n) is 2.75. The Morgan fingerprint density at radius 1 is 1.12 bits per heavy atom. The van der Waals surface area contributed by atoms with Gasteiger partial charge in [-0.1, -0.05) is 30.3 Å². The van der Waals surface area contributed by atoms with Gasteiger partial charge in [0.25, 0.3) is 0 Å². The predicted molar refractivity (Wildman–Crippen MR) is 90.6 cm³/mol. The topological polar surface area (TPSA) is 62.7 Å². The molecule has 8 heteroatoms. The summed E-state index contributed by atoms with van der Waals surface area (Å²) in [5, 5.41) is 5.73. The van der Waals surface area contributed by atoms with Gasteiger partial charge in [-0.25, -0.2) is 0 Å². The maximum absolute atomic E-state index is 12.4. The van der Waals surface area contributed by atoms with Gasteiger partial charge in [0.1, 0.15) is 5.75 Å². The van der Waals surface area contributed by atoms with Crippen molar-refractivity contribution >= 4 is 11.9 Å². The number of halogens is 3. The minimum Gasteiger partial charge on any atom is -0.406 e. The fraction of sp³-hybridized carbons (Fsp3) is 0.222. The Morgan fingerprint density at radius 3 is 2.50 bits per heavy atom. The van der Waals surface area contributed by atoms with Gasteiger partial charge >= 0.3 is 6.36 Å². The van der Waals surface area contributed by atoms with E-state index in [1.54, 1.807) is 25.2 Å². The number of hydrogen-bond donors (Lipinski definition) is 2. The maximum atomic E-state index is 12.4. The Balaban J connectivity index is 1.88. The summed E-state index contributed by atoms with van der Waals surface area (Å²) in [5.74, 6) is -0.0477. The van der Waals surface area contributed by atoms with Gasteiger partial charge in [0.15, 0.2) is 5.96 Å². The Hall–Kier alpha value is -3.03. The number of carbonyl (C=O) groups excluding carboxylic acids is 1. The number of alkyl halides is 3. The summed E-state index contributed by atoms with van der Waals surface area (Å²) in [6.07, 6.45) is -4.50. The summed E-state index contributed by atoms with van der Waals surface area (Å²) in [5.41, 5.74) is 2.14. The molecule has 0 aliphatic carbocycles. The highest BCUT2D eigenvalue weighted by atomic mass is 19.4. The third-order valence-electron chi connectivity index (χ3n) is 3.87. The third kappa shape index (κ3) is 4.33. The summed E-state index contributed by atoms with van der Waals surface area (Å²) < 4.78 is 41.2. The predicted octanol–water partition coefficient (Wildman–Crippen LogP) is 3.39. The minimum absolute atomic E-state index is 0.152. The van der Waals surface area contributed by atoms with Crippen molar-refractivity contribution < 1.29 is 22.7 Å². The van der Waals surface area contributed by atoms with Crippen LogP contribution in [0.25, 0.3) is 11.1 Å². The van der Waals surface area contributed by atoms with Crippen LogP contribution in [0, 0.1) is 0 Å². The number of amides is 1. The van der Waals surface area contributed by atoms with Crippen LogP contribution >= 0.6 is 0 Å². The van der Waals surface area contributed by atoms with Crippen molar-refractivity contribution in [3.05, 3.63) is 54.1 Å². The van der Waals surface area contributed by atoms with Crippen molar-refractivity contribution in [2.75, 3.05) is 7.05 Å². The zero-order valence-corrected chi connectivity index (χ0v) is 13.8. The Morgan fingerprint density at radius 2 is 1.81 bits per heavy atom. The first-order valence-electron chi connectivity index (χ1n) is 7.83. The molecule has 5 nitrogen and oxygen atoms in total. The monoisotopic (exact) mass is 363 g/mol. The molecule has 1 aliphatic heterocycles. The van der Waals surface area contributed by atoms with E-state index in [1.165, 1.54) is 18.2 Å². The Kier molecular flexibility index (Phi) is 4.83. The number of benzene rings is 2. The van der Waals surface area contributed by atoms with Gasteiger partial charge in [-0.3, -0.25) is 15.1 Å². The number of nitrogens with zero attached hydrogens (tertiary/aromatic N) is 1. The summed E-state index contributed by atoms with van der Waals surface area (Å²) in [6.45, 7) is 0. The molecule has 0 aromatic heterocycles. The van der Waals surface area contributed by atoms with Crippen LogP contribution < -0.4 is 15.4 Å². The van der Waals surface area contributed by atoms with Gasteiger partial charge in [0, 0.05) is 7.05 Å². The first kappa shape index (κ1) is 17.8. The van der Waals surface area contributed by atoms with Crippen LogP contribution in [0.4, 0.5) is 13.2 Å². The smallest absolute Gasteiger partial charge is 0.406 e. The molecular formula is C18H16F3N3O2. The number of carbonyl (C=O) groups is 1. The normalized spacial score (nSPS) is 19.0. The second kappa shape index (κ2) is 7.07. The number of hydrogen-bond acceptors (Lipinski definition) is 3. The van der Waals surface area contributed by atoms with E-state index in [9.17, 15) is 18.0 Å². The number of guanidine groups is 1.